The maximum atomic E-state index is 11.5. The molecule has 5 nitrogen and oxygen atoms in total. The van der Waals surface area contributed by atoms with Gasteiger partial charge in [0.2, 0.25) is 5.91 Å². The molecule has 0 fully saturated rings. The molecular weight excluding hydrogens is 320 g/mol. The molecule has 0 saturated carbocycles. The highest BCUT2D eigenvalue weighted by Gasteiger charge is 2.25. The van der Waals surface area contributed by atoms with Crippen molar-refractivity contribution in [1.82, 2.24) is 10.7 Å². The zero-order valence-electron chi connectivity index (χ0n) is 14.4. The monoisotopic (exact) mass is 344 g/mol. The van der Waals surface area contributed by atoms with Gasteiger partial charge in [0, 0.05) is 13.5 Å². The average molecular weight is 344 g/mol. The van der Waals surface area contributed by atoms with Crippen LogP contribution in [0.5, 0.6) is 0 Å². The number of hydrogen-bond acceptors (Lipinski definition) is 5. The summed E-state index contributed by atoms with van der Waals surface area (Å²) < 4.78 is 0. The highest BCUT2D eigenvalue weighted by molar-refractivity contribution is 8.14. The molecule has 1 heterocycles. The highest BCUT2D eigenvalue weighted by Crippen LogP contribution is 2.30. The molecule has 1 unspecified atom stereocenters. The van der Waals surface area contributed by atoms with E-state index in [1.165, 1.54) is 17.3 Å². The van der Waals surface area contributed by atoms with Crippen LogP contribution in [-0.4, -0.2) is 29.1 Å². The normalized spacial score (nSPS) is 17.6. The van der Waals surface area contributed by atoms with Gasteiger partial charge >= 0.3 is 0 Å². The summed E-state index contributed by atoms with van der Waals surface area (Å²) in [6.07, 6.45) is 2.61. The quantitative estimate of drug-likeness (QED) is 0.616. The van der Waals surface area contributed by atoms with Gasteiger partial charge in [0.15, 0.2) is 5.17 Å². The number of benzene rings is 1. The van der Waals surface area contributed by atoms with Gasteiger partial charge in [-0.2, -0.15) is 5.10 Å². The first-order valence-electron chi connectivity index (χ1n) is 8.07. The van der Waals surface area contributed by atoms with Crippen LogP contribution in [0.15, 0.2) is 46.6 Å². The van der Waals surface area contributed by atoms with Crippen molar-refractivity contribution < 1.29 is 4.79 Å². The number of carbonyl (C=O) groups is 1. The number of rotatable bonds is 6. The van der Waals surface area contributed by atoms with E-state index in [0.717, 1.165) is 24.1 Å². The minimum atomic E-state index is -0.0312. The number of nitrogens with zero attached hydrogens (tertiary/aromatic N) is 2. The number of aryl methyl sites for hydroxylation is 1. The minimum absolute atomic E-state index is 0.0167. The van der Waals surface area contributed by atoms with Crippen LogP contribution >= 0.6 is 11.8 Å². The Hall–Kier alpha value is -2.08. The third-order valence-corrected chi connectivity index (χ3v) is 4.88. The summed E-state index contributed by atoms with van der Waals surface area (Å²) in [4.78, 5) is 15.8. The highest BCUT2D eigenvalue weighted by atomic mass is 32.2. The first-order chi connectivity index (χ1) is 11.5. The van der Waals surface area contributed by atoms with Crippen LogP contribution in [0.25, 0.3) is 0 Å². The molecule has 0 aromatic heterocycles. The minimum Gasteiger partial charge on any atom is -0.359 e. The molecule has 0 spiro atoms. The summed E-state index contributed by atoms with van der Waals surface area (Å²) in [5.41, 5.74) is 6.98. The molecular formula is C18H24N4OS. The van der Waals surface area contributed by atoms with Gasteiger partial charge in [0.25, 0.3) is 0 Å². The van der Waals surface area contributed by atoms with Crippen molar-refractivity contribution in [3.05, 3.63) is 47.7 Å². The Morgan fingerprint density at radius 2 is 2.08 bits per heavy atom. The fraction of sp³-hybridized carbons (Fsp3) is 0.389. The van der Waals surface area contributed by atoms with Gasteiger partial charge in [-0.3, -0.25) is 10.2 Å². The Kier molecular flexibility index (Phi) is 6.61. The molecule has 0 bridgehead atoms. The fourth-order valence-corrected chi connectivity index (χ4v) is 3.27. The van der Waals surface area contributed by atoms with Gasteiger partial charge < -0.3 is 5.32 Å². The van der Waals surface area contributed by atoms with Gasteiger partial charge in [0.1, 0.15) is 0 Å². The van der Waals surface area contributed by atoms with Crippen LogP contribution in [0.3, 0.4) is 0 Å². The van der Waals surface area contributed by atoms with Crippen LogP contribution < -0.4 is 10.7 Å². The topological polar surface area (TPSA) is 65.8 Å². The first kappa shape index (κ1) is 18.3. The van der Waals surface area contributed by atoms with Gasteiger partial charge in [0.05, 0.1) is 16.7 Å². The average Bonchev–Trinajstić information content (AvgIpc) is 2.93. The number of thioether (sulfide) groups is 1. The summed E-state index contributed by atoms with van der Waals surface area (Å²) in [5.74, 6) is -0.0167. The molecule has 0 saturated heterocycles. The number of nitrogens with one attached hydrogen (secondary N) is 2. The van der Waals surface area contributed by atoms with Crippen molar-refractivity contribution in [2.75, 3.05) is 7.05 Å². The molecule has 1 aliphatic rings. The Labute approximate surface area is 147 Å². The van der Waals surface area contributed by atoms with Gasteiger partial charge in [-0.1, -0.05) is 56.0 Å². The Morgan fingerprint density at radius 3 is 2.71 bits per heavy atom. The van der Waals surface area contributed by atoms with Crippen molar-refractivity contribution in [2.24, 2.45) is 10.1 Å². The molecule has 1 aliphatic heterocycles. The molecule has 2 N–H and O–H groups in total. The zero-order chi connectivity index (χ0) is 17.5. The van der Waals surface area contributed by atoms with Crippen molar-refractivity contribution in [3.8, 4) is 0 Å². The molecule has 128 valence electrons. The van der Waals surface area contributed by atoms with E-state index < -0.39 is 0 Å². The smallest absolute Gasteiger partial charge is 0.221 e. The predicted octanol–water partition coefficient (Wildman–Crippen LogP) is 3.07. The van der Waals surface area contributed by atoms with Gasteiger partial charge in [-0.25, -0.2) is 4.99 Å². The van der Waals surface area contributed by atoms with E-state index in [9.17, 15) is 4.79 Å². The fourth-order valence-electron chi connectivity index (χ4n) is 2.31. The predicted molar refractivity (Wildman–Crippen MR) is 102 cm³/mol. The van der Waals surface area contributed by atoms with Gasteiger partial charge in [-0.15, -0.1) is 0 Å². The van der Waals surface area contributed by atoms with Crippen LogP contribution in [0, 0.1) is 0 Å². The molecule has 1 atom stereocenters. The second kappa shape index (κ2) is 8.68. The van der Waals surface area contributed by atoms with Crippen molar-refractivity contribution >= 4 is 28.5 Å². The van der Waals surface area contributed by atoms with E-state index in [0.29, 0.717) is 17.3 Å². The van der Waals surface area contributed by atoms with E-state index in [2.05, 4.69) is 58.6 Å². The number of amides is 1. The number of hydrazone groups is 1. The van der Waals surface area contributed by atoms with E-state index in [1.807, 2.05) is 6.92 Å². The summed E-state index contributed by atoms with van der Waals surface area (Å²) in [7, 11) is 1.63. The summed E-state index contributed by atoms with van der Waals surface area (Å²) in [6, 6.07) is 8.45. The zero-order valence-corrected chi connectivity index (χ0v) is 15.2. The SMILES string of the molecule is C=C1N=C(N/N=C(\C)c2ccc(CCC)cc2)SC1CC(=O)NC. The molecule has 1 amide bonds. The van der Waals surface area contributed by atoms with Crippen LogP contribution in [0.1, 0.15) is 37.8 Å². The second-order valence-corrected chi connectivity index (χ2v) is 6.84. The Morgan fingerprint density at radius 1 is 1.38 bits per heavy atom. The number of hydrogen-bond donors (Lipinski definition) is 2. The molecule has 1 aromatic carbocycles. The molecule has 1 aromatic rings. The van der Waals surface area contributed by atoms with Gasteiger partial charge in [-0.05, 0) is 24.5 Å². The number of aliphatic imine (C=N–C) groups is 1. The van der Waals surface area contributed by atoms with E-state index >= 15 is 0 Å². The summed E-state index contributed by atoms with van der Waals surface area (Å²) in [6.45, 7) is 8.04. The lowest BCUT2D eigenvalue weighted by atomic mass is 10.1. The first-order valence-corrected chi connectivity index (χ1v) is 8.95. The molecule has 24 heavy (non-hydrogen) atoms. The number of amidine groups is 1. The third kappa shape index (κ3) is 4.96. The maximum absolute atomic E-state index is 11.5. The standard InChI is InChI=1S/C18H24N4OS/c1-5-6-14-7-9-15(10-8-14)12(2)21-22-18-20-13(3)16(24-18)11-17(23)19-4/h7-10,16H,3,5-6,11H2,1-2,4H3,(H,19,23)(H,20,22)/b21-12+. The summed E-state index contributed by atoms with van der Waals surface area (Å²) in [5, 5.41) is 7.66. The second-order valence-electron chi connectivity index (χ2n) is 5.65. The third-order valence-electron chi connectivity index (χ3n) is 3.75. The largest absolute Gasteiger partial charge is 0.359 e. The lowest BCUT2D eigenvalue weighted by Gasteiger charge is -2.08. The molecule has 0 aliphatic carbocycles. The van der Waals surface area contributed by atoms with Crippen LogP contribution in [0.4, 0.5) is 0 Å². The lowest BCUT2D eigenvalue weighted by Crippen LogP contribution is -2.23. The maximum Gasteiger partial charge on any atom is 0.221 e. The van der Waals surface area contributed by atoms with Crippen LogP contribution in [-0.2, 0) is 11.2 Å². The summed E-state index contributed by atoms with van der Waals surface area (Å²) >= 11 is 1.48. The Balaban J connectivity index is 1.94. The molecule has 0 radical (unpaired) electrons. The van der Waals surface area contributed by atoms with Crippen molar-refractivity contribution in [3.63, 3.8) is 0 Å². The molecule has 6 heteroatoms. The Bertz CT molecular complexity index is 664. The van der Waals surface area contributed by atoms with E-state index in [4.69, 9.17) is 0 Å². The number of carbonyl (C=O) groups excluding carboxylic acids is 1. The van der Waals surface area contributed by atoms with Crippen molar-refractivity contribution in [2.45, 2.75) is 38.4 Å². The lowest BCUT2D eigenvalue weighted by molar-refractivity contribution is -0.120. The van der Waals surface area contributed by atoms with E-state index in [1.54, 1.807) is 7.05 Å². The van der Waals surface area contributed by atoms with Crippen molar-refractivity contribution in [1.29, 1.82) is 0 Å². The van der Waals surface area contributed by atoms with E-state index in [-0.39, 0.29) is 11.2 Å². The van der Waals surface area contributed by atoms with Crippen LogP contribution in [0.2, 0.25) is 0 Å². The molecule has 2 rings (SSSR count).